The van der Waals surface area contributed by atoms with E-state index in [1.165, 1.54) is 24.3 Å². The maximum Gasteiger partial charge on any atom is 0.164 e. The zero-order chi connectivity index (χ0) is 27.8. The molecule has 8 nitrogen and oxygen atoms in total. The monoisotopic (exact) mass is 547 g/mol. The molecule has 0 unspecified atom stereocenters. The number of imidazole rings is 1. The highest BCUT2D eigenvalue weighted by Gasteiger charge is 2.36. The average molecular weight is 548 g/mol. The normalized spacial score (nSPS) is 21.9. The molecular weight excluding hydrogens is 512 g/mol. The summed E-state index contributed by atoms with van der Waals surface area (Å²) in [7, 11) is 0. The van der Waals surface area contributed by atoms with Crippen molar-refractivity contribution < 1.29 is 13.5 Å². The van der Waals surface area contributed by atoms with Gasteiger partial charge < -0.3 is 19.6 Å². The highest BCUT2D eigenvalue weighted by atomic mass is 19.1. The number of hydrogen-bond donors (Lipinski definition) is 2. The third-order valence-electron chi connectivity index (χ3n) is 8.17. The third kappa shape index (κ3) is 5.14. The van der Waals surface area contributed by atoms with Crippen LogP contribution >= 0.6 is 0 Å². The Morgan fingerprint density at radius 3 is 2.27 bits per heavy atom. The summed E-state index contributed by atoms with van der Waals surface area (Å²) in [5.41, 5.74) is 7.25. The van der Waals surface area contributed by atoms with E-state index in [1.807, 2.05) is 36.7 Å². The second kappa shape index (κ2) is 11.1. The molecule has 2 aromatic carbocycles. The predicted octanol–water partition coefficient (Wildman–Crippen LogP) is 4.86. The lowest BCUT2D eigenvalue weighted by Gasteiger charge is -2.48. The van der Waals surface area contributed by atoms with Gasteiger partial charge in [0.05, 0.1) is 30.7 Å². The number of rotatable bonds is 7. The van der Waals surface area contributed by atoms with E-state index in [4.69, 9.17) is 20.5 Å². The number of benzene rings is 2. The summed E-state index contributed by atoms with van der Waals surface area (Å²) in [6, 6.07) is 15.2. The largest absolute Gasteiger partial charge is 0.376 e. The molecule has 6 rings (SSSR count). The van der Waals surface area contributed by atoms with Gasteiger partial charge in [0.2, 0.25) is 0 Å². The number of hydrogen-bond acceptors (Lipinski definition) is 7. The van der Waals surface area contributed by atoms with E-state index in [0.29, 0.717) is 12.4 Å². The van der Waals surface area contributed by atoms with Gasteiger partial charge in [-0.05, 0) is 62.1 Å². The fraction of sp³-hybridized carbons (Fsp3) is 0.400. The van der Waals surface area contributed by atoms with Gasteiger partial charge >= 0.3 is 0 Å². The van der Waals surface area contributed by atoms with Crippen molar-refractivity contribution in [3.05, 3.63) is 83.7 Å². The second-order valence-corrected chi connectivity index (χ2v) is 10.9. The topological polar surface area (TPSA) is 84.5 Å². The molecule has 2 saturated heterocycles. The van der Waals surface area contributed by atoms with Crippen LogP contribution in [-0.4, -0.2) is 57.3 Å². The molecular formula is C30H35F2N7O. The van der Waals surface area contributed by atoms with Gasteiger partial charge in [0.15, 0.2) is 5.65 Å². The van der Waals surface area contributed by atoms with E-state index in [9.17, 15) is 8.78 Å². The Morgan fingerprint density at radius 2 is 1.68 bits per heavy atom. The van der Waals surface area contributed by atoms with E-state index in [-0.39, 0.29) is 35.9 Å². The number of ether oxygens (including phenoxy) is 1. The minimum atomic E-state index is -0.280. The number of nitrogens with one attached hydrogen (secondary N) is 1. The first kappa shape index (κ1) is 26.6. The van der Waals surface area contributed by atoms with Gasteiger partial charge in [0.25, 0.3) is 0 Å². The molecule has 210 valence electrons. The number of nitrogen functional groups attached to an aromatic ring is 1. The lowest BCUT2D eigenvalue weighted by molar-refractivity contribution is 0.0978. The molecule has 4 aromatic rings. The van der Waals surface area contributed by atoms with Gasteiger partial charge in [-0.25, -0.2) is 24.6 Å². The van der Waals surface area contributed by atoms with Gasteiger partial charge in [-0.2, -0.15) is 0 Å². The minimum Gasteiger partial charge on any atom is -0.376 e. The molecule has 0 saturated carbocycles. The van der Waals surface area contributed by atoms with E-state index < -0.39 is 0 Å². The first-order valence-electron chi connectivity index (χ1n) is 13.9. The number of pyridine rings is 1. The third-order valence-corrected chi connectivity index (χ3v) is 8.17. The molecule has 3 N–H and O–H groups in total. The van der Waals surface area contributed by atoms with Crippen molar-refractivity contribution in [1.29, 1.82) is 0 Å². The van der Waals surface area contributed by atoms with Crippen LogP contribution in [0.4, 0.5) is 20.3 Å². The Kier molecular flexibility index (Phi) is 7.39. The maximum atomic E-state index is 13.8. The zero-order valence-corrected chi connectivity index (χ0v) is 22.8. The Labute approximate surface area is 232 Å². The van der Waals surface area contributed by atoms with Gasteiger partial charge in [-0.15, -0.1) is 0 Å². The van der Waals surface area contributed by atoms with Crippen molar-refractivity contribution in [2.45, 2.75) is 57.5 Å². The van der Waals surface area contributed by atoms with Crippen LogP contribution < -0.4 is 16.2 Å². The van der Waals surface area contributed by atoms with E-state index in [2.05, 4.69) is 33.6 Å². The first-order valence-corrected chi connectivity index (χ1v) is 13.9. The summed E-state index contributed by atoms with van der Waals surface area (Å²) >= 11 is 0. The SMILES string of the molecule is C[C@@H]1CN(c2cc(NN)nc3c2ncn3C[C@@H]2CCCO2)[C@@H](C)CN1C(c1ccc(F)cc1)c1ccc(F)cc1. The van der Waals surface area contributed by atoms with Crippen LogP contribution in [0.15, 0.2) is 60.9 Å². The molecule has 0 radical (unpaired) electrons. The molecule has 10 heteroatoms. The standard InChI is InChI=1S/C30H35F2N7O/c1-19-16-39(29(21-5-9-23(31)10-6-21)22-7-11-24(32)12-8-22)20(2)15-38(19)26-14-27(36-33)35-30-28(26)34-18-37(30)17-25-4-3-13-40-25/h5-12,14,18-20,25,29H,3-4,13,15-17,33H2,1-2H3,(H,35,36)/t19-,20+,25-/m0/s1. The number of fused-ring (bicyclic) bond motifs is 1. The maximum absolute atomic E-state index is 13.8. The highest BCUT2D eigenvalue weighted by Crippen LogP contribution is 2.37. The Balaban J connectivity index is 1.33. The van der Waals surface area contributed by atoms with Crippen molar-refractivity contribution in [1.82, 2.24) is 19.4 Å². The number of halogens is 2. The van der Waals surface area contributed by atoms with E-state index in [1.54, 1.807) is 0 Å². The van der Waals surface area contributed by atoms with Crippen molar-refractivity contribution >= 4 is 22.7 Å². The fourth-order valence-electron chi connectivity index (χ4n) is 6.17. The quantitative estimate of drug-likeness (QED) is 0.253. The second-order valence-electron chi connectivity index (χ2n) is 10.9. The molecule has 0 amide bonds. The summed E-state index contributed by atoms with van der Waals surface area (Å²) < 4.78 is 35.6. The lowest BCUT2D eigenvalue weighted by Crippen LogP contribution is -2.57. The Morgan fingerprint density at radius 1 is 1.00 bits per heavy atom. The number of nitrogens with zero attached hydrogens (tertiary/aromatic N) is 5. The van der Waals surface area contributed by atoms with Gasteiger partial charge in [-0.3, -0.25) is 4.90 Å². The Bertz CT molecular complexity index is 1410. The van der Waals surface area contributed by atoms with Crippen molar-refractivity contribution in [2.24, 2.45) is 5.84 Å². The van der Waals surface area contributed by atoms with Crippen LogP contribution in [0.2, 0.25) is 0 Å². The van der Waals surface area contributed by atoms with Crippen molar-refractivity contribution in [3.8, 4) is 0 Å². The predicted molar refractivity (Wildman–Crippen MR) is 152 cm³/mol. The fourth-order valence-corrected chi connectivity index (χ4v) is 6.17. The van der Waals surface area contributed by atoms with Gasteiger partial charge in [-0.1, -0.05) is 24.3 Å². The van der Waals surface area contributed by atoms with Crippen LogP contribution in [0.5, 0.6) is 0 Å². The lowest BCUT2D eigenvalue weighted by atomic mass is 9.93. The molecule has 4 heterocycles. The first-order chi connectivity index (χ1) is 19.4. The minimum absolute atomic E-state index is 0.110. The summed E-state index contributed by atoms with van der Waals surface area (Å²) in [4.78, 5) is 14.3. The van der Waals surface area contributed by atoms with Gasteiger partial charge in [0, 0.05) is 37.8 Å². The molecule has 2 aromatic heterocycles. The zero-order valence-electron chi connectivity index (χ0n) is 22.8. The molecule has 40 heavy (non-hydrogen) atoms. The molecule has 2 aliphatic rings. The number of hydrazine groups is 1. The summed E-state index contributed by atoms with van der Waals surface area (Å²) in [5.74, 6) is 5.87. The average Bonchev–Trinajstić information content (AvgIpc) is 3.62. The van der Waals surface area contributed by atoms with Crippen molar-refractivity contribution in [2.75, 3.05) is 30.0 Å². The van der Waals surface area contributed by atoms with Crippen molar-refractivity contribution in [3.63, 3.8) is 0 Å². The number of anilines is 2. The van der Waals surface area contributed by atoms with Crippen LogP contribution in [0, 0.1) is 11.6 Å². The van der Waals surface area contributed by atoms with Crippen LogP contribution in [0.1, 0.15) is 43.9 Å². The summed E-state index contributed by atoms with van der Waals surface area (Å²) in [5, 5.41) is 0. The number of piperazine rings is 1. The van der Waals surface area contributed by atoms with Crippen LogP contribution in [0.3, 0.4) is 0 Å². The molecule has 0 spiro atoms. The molecule has 0 aliphatic carbocycles. The highest BCUT2D eigenvalue weighted by molar-refractivity contribution is 5.88. The number of aromatic nitrogens is 3. The summed E-state index contributed by atoms with van der Waals surface area (Å²) in [6.07, 6.45) is 4.10. The molecule has 2 fully saturated rings. The van der Waals surface area contributed by atoms with E-state index >= 15 is 0 Å². The van der Waals surface area contributed by atoms with E-state index in [0.717, 1.165) is 60.5 Å². The smallest absolute Gasteiger partial charge is 0.164 e. The molecule has 2 aliphatic heterocycles. The molecule has 3 atom stereocenters. The van der Waals surface area contributed by atoms with Crippen LogP contribution in [0.25, 0.3) is 11.2 Å². The summed E-state index contributed by atoms with van der Waals surface area (Å²) in [6.45, 7) is 7.33. The number of nitrogens with two attached hydrogens (primary N) is 1. The van der Waals surface area contributed by atoms with Gasteiger partial charge in [0.1, 0.15) is 23.0 Å². The molecule has 0 bridgehead atoms. The van der Waals surface area contributed by atoms with Crippen LogP contribution in [-0.2, 0) is 11.3 Å². The Hall–Kier alpha value is -3.60.